The van der Waals surface area contributed by atoms with Crippen LogP contribution in [0.2, 0.25) is 0 Å². The van der Waals surface area contributed by atoms with Crippen molar-refractivity contribution in [2.75, 3.05) is 0 Å². The first-order valence-corrected chi connectivity index (χ1v) is 4.70. The molecule has 0 aliphatic carbocycles. The molecular weight excluding hydrogens is 192 g/mol. The molecule has 0 nitrogen and oxygen atoms in total. The van der Waals surface area contributed by atoms with Crippen molar-refractivity contribution < 1.29 is 0 Å². The Morgan fingerprint density at radius 2 is 1.06 bits per heavy atom. The van der Waals surface area contributed by atoms with Gasteiger partial charge in [0.15, 0.2) is 0 Å². The van der Waals surface area contributed by atoms with E-state index in [1.165, 1.54) is 25.7 Å². The van der Waals surface area contributed by atoms with E-state index in [1.54, 1.807) is 0 Å². The Kier molecular flexibility index (Phi) is 81.7. The van der Waals surface area contributed by atoms with Crippen molar-refractivity contribution in [3.05, 3.63) is 0 Å². The zero-order chi connectivity index (χ0) is 7.98. The van der Waals surface area contributed by atoms with E-state index in [-0.39, 0.29) is 44.6 Å². The highest BCUT2D eigenvalue weighted by molar-refractivity contribution is 4.57. The standard InChI is InChI=1S/C10H22.6CH4/c1-5-7-10(4)8-9(3)6-2;;;;;;/h9-10H,5-8H2,1-4H3;6*1H4. The first kappa shape index (κ1) is 44.4. The smallest absolute Gasteiger partial charge is 0.0440 e. The van der Waals surface area contributed by atoms with E-state index < -0.39 is 0 Å². The van der Waals surface area contributed by atoms with Crippen LogP contribution >= 0.6 is 0 Å². The van der Waals surface area contributed by atoms with Gasteiger partial charge >= 0.3 is 0 Å². The van der Waals surface area contributed by atoms with Gasteiger partial charge in [0, 0.05) is 0 Å². The van der Waals surface area contributed by atoms with E-state index >= 15 is 0 Å². The number of hydrogen-bond acceptors (Lipinski definition) is 0. The van der Waals surface area contributed by atoms with Gasteiger partial charge in [0.1, 0.15) is 0 Å². The lowest BCUT2D eigenvalue weighted by Crippen LogP contribution is -2.01. The van der Waals surface area contributed by atoms with Crippen LogP contribution in [0.5, 0.6) is 0 Å². The average molecular weight is 239 g/mol. The highest BCUT2D eigenvalue weighted by atomic mass is 14.1. The molecule has 0 amide bonds. The summed E-state index contributed by atoms with van der Waals surface area (Å²) in [6.45, 7) is 9.28. The SMILES string of the molecule is C.C.C.C.C.C.CCCC(C)CC(C)CC. The predicted octanol–water partition coefficient (Wildman–Crippen LogP) is 7.68. The Balaban J connectivity index is -0.0000000270. The molecule has 0 aromatic rings. The van der Waals surface area contributed by atoms with Crippen LogP contribution in [0.3, 0.4) is 0 Å². The molecule has 0 bridgehead atoms. The van der Waals surface area contributed by atoms with Crippen molar-refractivity contribution in [2.45, 2.75) is 97.9 Å². The lowest BCUT2D eigenvalue weighted by molar-refractivity contribution is 0.384. The lowest BCUT2D eigenvalue weighted by atomic mass is 9.92. The second kappa shape index (κ2) is 29.4. The van der Waals surface area contributed by atoms with E-state index in [2.05, 4.69) is 27.7 Å². The molecule has 0 N–H and O–H groups in total. The van der Waals surface area contributed by atoms with Gasteiger partial charge in [-0.15, -0.1) is 0 Å². The van der Waals surface area contributed by atoms with Crippen molar-refractivity contribution >= 4 is 0 Å². The third-order valence-electron chi connectivity index (χ3n) is 2.28. The molecule has 2 atom stereocenters. The molecule has 0 spiro atoms. The van der Waals surface area contributed by atoms with E-state index in [0.29, 0.717) is 0 Å². The van der Waals surface area contributed by atoms with Gasteiger partial charge in [-0.2, -0.15) is 0 Å². The first-order chi connectivity index (χ1) is 4.70. The Labute approximate surface area is 110 Å². The second-order valence-electron chi connectivity index (χ2n) is 3.64. The summed E-state index contributed by atoms with van der Waals surface area (Å²) < 4.78 is 0. The predicted molar refractivity (Wildman–Crippen MR) is 88.5 cm³/mol. The number of hydrogen-bond donors (Lipinski definition) is 0. The minimum atomic E-state index is 0. The van der Waals surface area contributed by atoms with Crippen molar-refractivity contribution in [3.63, 3.8) is 0 Å². The lowest BCUT2D eigenvalue weighted by Gasteiger charge is -2.14. The van der Waals surface area contributed by atoms with Gasteiger partial charge in [-0.3, -0.25) is 0 Å². The van der Waals surface area contributed by atoms with Gasteiger partial charge < -0.3 is 0 Å². The van der Waals surface area contributed by atoms with E-state index in [9.17, 15) is 0 Å². The minimum Gasteiger partial charge on any atom is -0.0776 e. The third kappa shape index (κ3) is 29.2. The molecule has 0 heteroatoms. The Bertz CT molecular complexity index is 66.4. The van der Waals surface area contributed by atoms with Crippen LogP contribution in [0.4, 0.5) is 0 Å². The monoisotopic (exact) mass is 238 g/mol. The summed E-state index contributed by atoms with van der Waals surface area (Å²) in [5, 5.41) is 0. The summed E-state index contributed by atoms with van der Waals surface area (Å²) in [6.07, 6.45) is 5.51. The van der Waals surface area contributed by atoms with Gasteiger partial charge in [-0.05, 0) is 18.3 Å². The minimum absolute atomic E-state index is 0. The molecule has 110 valence electrons. The first-order valence-electron chi connectivity index (χ1n) is 4.70. The molecule has 0 rings (SSSR count). The summed E-state index contributed by atoms with van der Waals surface area (Å²) >= 11 is 0. The van der Waals surface area contributed by atoms with Crippen LogP contribution in [0.25, 0.3) is 0 Å². The molecule has 0 aromatic carbocycles. The average Bonchev–Trinajstić information content (AvgIpc) is 1.88. The van der Waals surface area contributed by atoms with Crippen molar-refractivity contribution in [1.29, 1.82) is 0 Å². The van der Waals surface area contributed by atoms with Crippen molar-refractivity contribution in [1.82, 2.24) is 0 Å². The normalized spacial score (nSPS) is 10.5. The largest absolute Gasteiger partial charge is 0.0776 e. The fraction of sp³-hybridized carbons (Fsp3) is 1.00. The van der Waals surface area contributed by atoms with E-state index in [1.807, 2.05) is 0 Å². The third-order valence-corrected chi connectivity index (χ3v) is 2.28. The van der Waals surface area contributed by atoms with Crippen LogP contribution in [0.15, 0.2) is 0 Å². The van der Waals surface area contributed by atoms with Gasteiger partial charge in [0.2, 0.25) is 0 Å². The summed E-state index contributed by atoms with van der Waals surface area (Å²) in [5.41, 5.74) is 0. The van der Waals surface area contributed by atoms with Crippen LogP contribution < -0.4 is 0 Å². The molecule has 0 radical (unpaired) electrons. The van der Waals surface area contributed by atoms with Gasteiger partial charge in [-0.25, -0.2) is 0 Å². The maximum Gasteiger partial charge on any atom is -0.0440 e. The molecule has 0 aliphatic heterocycles. The fourth-order valence-electron chi connectivity index (χ4n) is 1.46. The van der Waals surface area contributed by atoms with Crippen molar-refractivity contribution in [2.24, 2.45) is 11.8 Å². The molecule has 0 fully saturated rings. The fourth-order valence-corrected chi connectivity index (χ4v) is 1.46. The molecule has 2 unspecified atom stereocenters. The van der Waals surface area contributed by atoms with Gasteiger partial charge in [0.05, 0.1) is 0 Å². The summed E-state index contributed by atoms with van der Waals surface area (Å²) in [6, 6.07) is 0. The quantitative estimate of drug-likeness (QED) is 0.461. The van der Waals surface area contributed by atoms with E-state index in [4.69, 9.17) is 0 Å². The Hall–Kier alpha value is 0. The molecule has 0 saturated heterocycles. The highest BCUT2D eigenvalue weighted by Crippen LogP contribution is 2.18. The molecule has 0 saturated carbocycles. The Morgan fingerprint density at radius 1 is 0.688 bits per heavy atom. The number of rotatable bonds is 5. The summed E-state index contributed by atoms with van der Waals surface area (Å²) in [5.74, 6) is 1.88. The topological polar surface area (TPSA) is 0 Å². The van der Waals surface area contributed by atoms with Gasteiger partial charge in [-0.1, -0.05) is 91.5 Å². The zero-order valence-corrected chi connectivity index (χ0v) is 7.98. The molecule has 0 heterocycles. The summed E-state index contributed by atoms with van der Waals surface area (Å²) in [4.78, 5) is 0. The maximum atomic E-state index is 2.37. The molecule has 16 heavy (non-hydrogen) atoms. The van der Waals surface area contributed by atoms with Crippen LogP contribution in [-0.4, -0.2) is 0 Å². The second-order valence-corrected chi connectivity index (χ2v) is 3.64. The van der Waals surface area contributed by atoms with Crippen LogP contribution in [0.1, 0.15) is 97.9 Å². The van der Waals surface area contributed by atoms with Crippen LogP contribution in [-0.2, 0) is 0 Å². The van der Waals surface area contributed by atoms with Gasteiger partial charge in [0.25, 0.3) is 0 Å². The zero-order valence-electron chi connectivity index (χ0n) is 7.98. The maximum absolute atomic E-state index is 2.37. The van der Waals surface area contributed by atoms with E-state index in [0.717, 1.165) is 11.8 Å². The molecule has 0 aromatic heterocycles. The highest BCUT2D eigenvalue weighted by Gasteiger charge is 2.04. The Morgan fingerprint density at radius 3 is 1.31 bits per heavy atom. The van der Waals surface area contributed by atoms with Crippen LogP contribution in [0, 0.1) is 11.8 Å². The molecular formula is C16H46. The molecule has 0 aliphatic rings. The van der Waals surface area contributed by atoms with Crippen molar-refractivity contribution in [3.8, 4) is 0 Å². The summed E-state index contributed by atoms with van der Waals surface area (Å²) in [7, 11) is 0.